The Balaban J connectivity index is 2.34. The summed E-state index contributed by atoms with van der Waals surface area (Å²) >= 11 is 0. The number of nitrogens with two attached hydrogens (primary N) is 1. The van der Waals surface area contributed by atoms with E-state index in [4.69, 9.17) is 10.5 Å². The summed E-state index contributed by atoms with van der Waals surface area (Å²) in [5.41, 5.74) is 7.05. The van der Waals surface area contributed by atoms with E-state index in [1.807, 2.05) is 24.3 Å². The molecule has 0 aliphatic rings. The van der Waals surface area contributed by atoms with Crippen molar-refractivity contribution in [2.24, 2.45) is 10.7 Å². The molecule has 1 aromatic carbocycles. The van der Waals surface area contributed by atoms with Crippen molar-refractivity contribution < 1.29 is 4.74 Å². The summed E-state index contributed by atoms with van der Waals surface area (Å²) in [5.74, 6) is 1.52. The minimum Gasteiger partial charge on any atom is -0.494 e. The van der Waals surface area contributed by atoms with Crippen LogP contribution in [0.25, 0.3) is 0 Å². The first-order valence-electron chi connectivity index (χ1n) is 9.46. The molecule has 0 radical (unpaired) electrons. The fourth-order valence-electron chi connectivity index (χ4n) is 2.57. The van der Waals surface area contributed by atoms with E-state index in [1.54, 1.807) is 0 Å². The van der Waals surface area contributed by atoms with E-state index >= 15 is 0 Å². The van der Waals surface area contributed by atoms with Crippen molar-refractivity contribution in [2.75, 3.05) is 32.8 Å². The Hall–Kier alpha value is -1.55. The van der Waals surface area contributed by atoms with E-state index in [1.165, 1.54) is 19.3 Å². The normalized spacial score (nSPS) is 11.9. The second kappa shape index (κ2) is 12.8. The van der Waals surface area contributed by atoms with Crippen LogP contribution in [-0.2, 0) is 0 Å². The number of aliphatic imine (C=N–C) groups is 1. The van der Waals surface area contributed by atoms with Gasteiger partial charge in [0.05, 0.1) is 6.61 Å². The monoisotopic (exact) mass is 333 g/mol. The van der Waals surface area contributed by atoms with Gasteiger partial charge < -0.3 is 15.4 Å². The van der Waals surface area contributed by atoms with Crippen LogP contribution >= 0.6 is 0 Å². The van der Waals surface area contributed by atoms with Crippen LogP contribution in [0, 0.1) is 0 Å². The molecule has 0 aromatic heterocycles. The van der Waals surface area contributed by atoms with Crippen molar-refractivity contribution in [1.29, 1.82) is 0 Å². The lowest BCUT2D eigenvalue weighted by Crippen LogP contribution is -2.24. The molecule has 0 saturated carbocycles. The van der Waals surface area contributed by atoms with Crippen LogP contribution < -0.4 is 10.5 Å². The van der Waals surface area contributed by atoms with Gasteiger partial charge in [0.15, 0.2) is 0 Å². The molecule has 136 valence electrons. The minimum atomic E-state index is 0.615. The first kappa shape index (κ1) is 20.5. The Morgan fingerprint density at radius 2 is 1.71 bits per heavy atom. The van der Waals surface area contributed by atoms with Crippen LogP contribution in [0.15, 0.2) is 29.3 Å². The van der Waals surface area contributed by atoms with E-state index in [-0.39, 0.29) is 0 Å². The number of benzene rings is 1. The van der Waals surface area contributed by atoms with E-state index in [2.05, 4.69) is 30.7 Å². The largest absolute Gasteiger partial charge is 0.494 e. The molecule has 0 bridgehead atoms. The molecule has 0 heterocycles. The Labute approximate surface area is 148 Å². The zero-order chi connectivity index (χ0) is 17.6. The second-order valence-electron chi connectivity index (χ2n) is 6.08. The molecular weight excluding hydrogens is 298 g/mol. The SMILES string of the molecule is CCCCCCOc1ccc(C(N)=NCCCN(CC)CC)cc1. The lowest BCUT2D eigenvalue weighted by Gasteiger charge is -2.16. The summed E-state index contributed by atoms with van der Waals surface area (Å²) in [7, 11) is 0. The third-order valence-corrected chi connectivity index (χ3v) is 4.23. The van der Waals surface area contributed by atoms with Gasteiger partial charge in [-0.05, 0) is 56.7 Å². The van der Waals surface area contributed by atoms with Crippen molar-refractivity contribution in [2.45, 2.75) is 52.9 Å². The topological polar surface area (TPSA) is 50.9 Å². The van der Waals surface area contributed by atoms with Gasteiger partial charge in [0.1, 0.15) is 11.6 Å². The van der Waals surface area contributed by atoms with Gasteiger partial charge in [0.25, 0.3) is 0 Å². The van der Waals surface area contributed by atoms with Crippen molar-refractivity contribution in [3.63, 3.8) is 0 Å². The van der Waals surface area contributed by atoms with Gasteiger partial charge in [-0.25, -0.2) is 0 Å². The molecule has 2 N–H and O–H groups in total. The highest BCUT2D eigenvalue weighted by Crippen LogP contribution is 2.13. The summed E-state index contributed by atoms with van der Waals surface area (Å²) in [6.07, 6.45) is 5.93. The number of ether oxygens (including phenoxy) is 1. The van der Waals surface area contributed by atoms with E-state index in [0.717, 1.165) is 56.9 Å². The molecule has 0 fully saturated rings. The predicted molar refractivity (Wildman–Crippen MR) is 104 cm³/mol. The Morgan fingerprint density at radius 3 is 2.33 bits per heavy atom. The van der Waals surface area contributed by atoms with Gasteiger partial charge in [0.2, 0.25) is 0 Å². The third-order valence-electron chi connectivity index (χ3n) is 4.23. The second-order valence-corrected chi connectivity index (χ2v) is 6.08. The zero-order valence-corrected chi connectivity index (χ0v) is 15.8. The summed E-state index contributed by atoms with van der Waals surface area (Å²) in [4.78, 5) is 6.89. The molecule has 0 unspecified atom stereocenters. The number of nitrogens with zero attached hydrogens (tertiary/aromatic N) is 2. The van der Waals surface area contributed by atoms with E-state index in [0.29, 0.717) is 5.84 Å². The fourth-order valence-corrected chi connectivity index (χ4v) is 2.57. The average Bonchev–Trinajstić information content (AvgIpc) is 2.62. The Bertz CT molecular complexity index is 452. The summed E-state index contributed by atoms with van der Waals surface area (Å²) < 4.78 is 5.75. The molecule has 0 saturated heterocycles. The average molecular weight is 334 g/mol. The summed E-state index contributed by atoms with van der Waals surface area (Å²) in [6.45, 7) is 11.4. The highest BCUT2D eigenvalue weighted by atomic mass is 16.5. The molecule has 0 aliphatic heterocycles. The smallest absolute Gasteiger partial charge is 0.125 e. The van der Waals surface area contributed by atoms with Crippen LogP contribution in [0.1, 0.15) is 58.4 Å². The number of unbranched alkanes of at least 4 members (excludes halogenated alkanes) is 3. The molecule has 4 nitrogen and oxygen atoms in total. The maximum atomic E-state index is 6.08. The fraction of sp³-hybridized carbons (Fsp3) is 0.650. The van der Waals surface area contributed by atoms with Gasteiger partial charge in [-0.2, -0.15) is 0 Å². The maximum absolute atomic E-state index is 6.08. The molecule has 1 rings (SSSR count). The van der Waals surface area contributed by atoms with E-state index < -0.39 is 0 Å². The molecule has 0 aliphatic carbocycles. The minimum absolute atomic E-state index is 0.615. The van der Waals surface area contributed by atoms with Crippen LogP contribution in [-0.4, -0.2) is 43.5 Å². The van der Waals surface area contributed by atoms with Crippen molar-refractivity contribution >= 4 is 5.84 Å². The number of amidine groups is 1. The molecule has 0 spiro atoms. The first-order chi connectivity index (χ1) is 11.7. The molecule has 0 amide bonds. The van der Waals surface area contributed by atoms with Gasteiger partial charge in [0, 0.05) is 12.1 Å². The lowest BCUT2D eigenvalue weighted by molar-refractivity contribution is 0.302. The van der Waals surface area contributed by atoms with Gasteiger partial charge >= 0.3 is 0 Å². The third kappa shape index (κ3) is 8.34. The van der Waals surface area contributed by atoms with Crippen LogP contribution in [0.4, 0.5) is 0 Å². The molecule has 0 atom stereocenters. The molecule has 4 heteroatoms. The molecule has 24 heavy (non-hydrogen) atoms. The molecule has 1 aromatic rings. The van der Waals surface area contributed by atoms with Crippen molar-refractivity contribution in [1.82, 2.24) is 4.90 Å². The van der Waals surface area contributed by atoms with Gasteiger partial charge in [-0.15, -0.1) is 0 Å². The highest BCUT2D eigenvalue weighted by molar-refractivity contribution is 5.97. The summed E-state index contributed by atoms with van der Waals surface area (Å²) in [6, 6.07) is 7.94. The lowest BCUT2D eigenvalue weighted by atomic mass is 10.2. The van der Waals surface area contributed by atoms with Crippen LogP contribution in [0.2, 0.25) is 0 Å². The summed E-state index contributed by atoms with van der Waals surface area (Å²) in [5, 5.41) is 0. The van der Waals surface area contributed by atoms with Crippen molar-refractivity contribution in [3.8, 4) is 5.75 Å². The zero-order valence-electron chi connectivity index (χ0n) is 15.8. The number of hydrogen-bond donors (Lipinski definition) is 1. The Kier molecular flexibility index (Phi) is 10.9. The standard InChI is InChI=1S/C20H35N3O/c1-4-7-8-9-17-24-19-13-11-18(12-14-19)20(21)22-15-10-16-23(5-2)6-3/h11-14H,4-10,15-17H2,1-3H3,(H2,21,22). The van der Waals surface area contributed by atoms with Gasteiger partial charge in [-0.3, -0.25) is 4.99 Å². The molecular formula is C20H35N3O. The predicted octanol–water partition coefficient (Wildman–Crippen LogP) is 4.08. The quantitative estimate of drug-likeness (QED) is 0.336. The maximum Gasteiger partial charge on any atom is 0.125 e. The number of rotatable bonds is 13. The Morgan fingerprint density at radius 1 is 1.00 bits per heavy atom. The van der Waals surface area contributed by atoms with Crippen LogP contribution in [0.3, 0.4) is 0 Å². The van der Waals surface area contributed by atoms with E-state index in [9.17, 15) is 0 Å². The first-order valence-corrected chi connectivity index (χ1v) is 9.46. The highest BCUT2D eigenvalue weighted by Gasteiger charge is 2.01. The number of hydrogen-bond acceptors (Lipinski definition) is 3. The van der Waals surface area contributed by atoms with Crippen LogP contribution in [0.5, 0.6) is 5.75 Å². The van der Waals surface area contributed by atoms with Crippen molar-refractivity contribution in [3.05, 3.63) is 29.8 Å². The van der Waals surface area contributed by atoms with Gasteiger partial charge in [-0.1, -0.05) is 40.0 Å².